The fourth-order valence-electron chi connectivity index (χ4n) is 2.60. The molecular formula is C18H22N4OS. The molecule has 5 nitrogen and oxygen atoms in total. The number of aliphatic hydroxyl groups is 1. The normalized spacial score (nSPS) is 10.9. The number of anilines is 1. The predicted molar refractivity (Wildman–Crippen MR) is 98.2 cm³/mol. The monoisotopic (exact) mass is 342 g/mol. The van der Waals surface area contributed by atoms with Crippen molar-refractivity contribution in [1.82, 2.24) is 14.8 Å². The average molecular weight is 342 g/mol. The molecule has 0 radical (unpaired) electrons. The number of aromatic nitrogens is 3. The molecule has 2 N–H and O–H groups in total. The number of thiazole rings is 1. The highest BCUT2D eigenvalue weighted by atomic mass is 32.1. The second kappa shape index (κ2) is 8.08. The molecule has 0 saturated carbocycles. The lowest BCUT2D eigenvalue weighted by atomic mass is 10.1. The largest absolute Gasteiger partial charge is 0.394 e. The van der Waals surface area contributed by atoms with Gasteiger partial charge in [0.25, 0.3) is 0 Å². The van der Waals surface area contributed by atoms with Crippen molar-refractivity contribution < 1.29 is 5.11 Å². The Hall–Kier alpha value is -2.18. The molecule has 0 bridgehead atoms. The van der Waals surface area contributed by atoms with E-state index in [0.29, 0.717) is 13.1 Å². The van der Waals surface area contributed by atoms with Gasteiger partial charge in [-0.15, -0.1) is 11.3 Å². The van der Waals surface area contributed by atoms with Crippen molar-refractivity contribution in [2.24, 2.45) is 0 Å². The van der Waals surface area contributed by atoms with Crippen LogP contribution in [0, 0.1) is 0 Å². The minimum Gasteiger partial charge on any atom is -0.394 e. The van der Waals surface area contributed by atoms with Crippen molar-refractivity contribution in [2.45, 2.75) is 32.9 Å². The van der Waals surface area contributed by atoms with Crippen LogP contribution in [0.25, 0.3) is 11.3 Å². The van der Waals surface area contributed by atoms with Gasteiger partial charge in [-0.1, -0.05) is 37.6 Å². The van der Waals surface area contributed by atoms with Crippen molar-refractivity contribution in [3.63, 3.8) is 0 Å². The van der Waals surface area contributed by atoms with Crippen LogP contribution in [0.5, 0.6) is 0 Å². The van der Waals surface area contributed by atoms with E-state index in [1.54, 1.807) is 11.3 Å². The maximum Gasteiger partial charge on any atom is 0.125 e. The van der Waals surface area contributed by atoms with Crippen molar-refractivity contribution in [2.75, 3.05) is 11.9 Å². The van der Waals surface area contributed by atoms with E-state index in [0.717, 1.165) is 34.8 Å². The molecule has 3 aromatic rings. The van der Waals surface area contributed by atoms with Crippen molar-refractivity contribution in [3.8, 4) is 11.3 Å². The maximum atomic E-state index is 9.28. The molecule has 2 heterocycles. The van der Waals surface area contributed by atoms with Gasteiger partial charge in [0.05, 0.1) is 30.9 Å². The highest BCUT2D eigenvalue weighted by Crippen LogP contribution is 2.23. The third-order valence-electron chi connectivity index (χ3n) is 3.81. The van der Waals surface area contributed by atoms with Gasteiger partial charge in [0.2, 0.25) is 0 Å². The summed E-state index contributed by atoms with van der Waals surface area (Å²) in [6.07, 6.45) is 4.11. The smallest absolute Gasteiger partial charge is 0.125 e. The third-order valence-corrected chi connectivity index (χ3v) is 4.59. The average Bonchev–Trinajstić information content (AvgIpc) is 3.24. The zero-order valence-electron chi connectivity index (χ0n) is 13.8. The molecule has 24 heavy (non-hydrogen) atoms. The van der Waals surface area contributed by atoms with E-state index in [1.807, 2.05) is 22.5 Å². The number of nitrogens with one attached hydrogen (secondary N) is 1. The van der Waals surface area contributed by atoms with E-state index >= 15 is 0 Å². The first-order chi connectivity index (χ1) is 11.8. The second-order valence-corrected chi connectivity index (χ2v) is 6.60. The Kier molecular flexibility index (Phi) is 5.61. The van der Waals surface area contributed by atoms with Crippen LogP contribution in [0.3, 0.4) is 0 Å². The van der Waals surface area contributed by atoms with Gasteiger partial charge in [0.15, 0.2) is 0 Å². The third kappa shape index (κ3) is 4.01. The first-order valence-electron chi connectivity index (χ1n) is 8.19. The summed E-state index contributed by atoms with van der Waals surface area (Å²) >= 11 is 1.62. The van der Waals surface area contributed by atoms with Gasteiger partial charge in [-0.3, -0.25) is 4.98 Å². The summed E-state index contributed by atoms with van der Waals surface area (Å²) in [4.78, 5) is 5.25. The second-order valence-electron chi connectivity index (χ2n) is 5.63. The Morgan fingerprint density at radius 1 is 1.25 bits per heavy atom. The molecular weight excluding hydrogens is 320 g/mol. The highest BCUT2D eigenvalue weighted by molar-refractivity contribution is 7.09. The molecule has 0 aliphatic heterocycles. The van der Waals surface area contributed by atoms with Gasteiger partial charge in [-0.05, 0) is 12.0 Å². The Morgan fingerprint density at radius 2 is 2.08 bits per heavy atom. The number of hydrogen-bond donors (Lipinski definition) is 2. The van der Waals surface area contributed by atoms with E-state index in [-0.39, 0.29) is 6.61 Å². The summed E-state index contributed by atoms with van der Waals surface area (Å²) < 4.78 is 1.82. The fraction of sp³-hybridized carbons (Fsp3) is 0.333. The summed E-state index contributed by atoms with van der Waals surface area (Å²) in [6, 6.07) is 10.6. The van der Waals surface area contributed by atoms with Crippen LogP contribution in [0.1, 0.15) is 23.8 Å². The Morgan fingerprint density at radius 3 is 2.75 bits per heavy atom. The molecule has 0 amide bonds. The molecule has 126 valence electrons. The summed E-state index contributed by atoms with van der Waals surface area (Å²) in [5.74, 6) is 0.907. The highest BCUT2D eigenvalue weighted by Gasteiger charge is 2.10. The fourth-order valence-corrected chi connectivity index (χ4v) is 3.14. The summed E-state index contributed by atoms with van der Waals surface area (Å²) in [6.45, 7) is 3.42. The van der Waals surface area contributed by atoms with Crippen molar-refractivity contribution in [1.29, 1.82) is 0 Å². The number of aliphatic hydroxyl groups excluding tert-OH is 1. The summed E-state index contributed by atoms with van der Waals surface area (Å²) in [5, 5.41) is 17.3. The van der Waals surface area contributed by atoms with Gasteiger partial charge >= 0.3 is 0 Å². The minimum absolute atomic E-state index is 0.0613. The molecule has 0 saturated heterocycles. The molecule has 0 fully saturated rings. The van der Waals surface area contributed by atoms with Gasteiger partial charge in [0, 0.05) is 22.7 Å². The maximum absolute atomic E-state index is 9.28. The van der Waals surface area contributed by atoms with E-state index in [2.05, 4.69) is 46.6 Å². The quantitative estimate of drug-likeness (QED) is 0.657. The summed E-state index contributed by atoms with van der Waals surface area (Å²) in [7, 11) is 0. The van der Waals surface area contributed by atoms with Crippen LogP contribution >= 0.6 is 11.3 Å². The number of rotatable bonds is 8. The van der Waals surface area contributed by atoms with Crippen LogP contribution in [0.2, 0.25) is 0 Å². The molecule has 1 aromatic carbocycles. The zero-order chi connectivity index (χ0) is 16.8. The molecule has 0 spiro atoms. The lowest BCUT2D eigenvalue weighted by Crippen LogP contribution is -2.09. The van der Waals surface area contributed by atoms with E-state index < -0.39 is 0 Å². The predicted octanol–water partition coefficient (Wildman–Crippen LogP) is 3.56. The molecule has 0 unspecified atom stereocenters. The zero-order valence-corrected chi connectivity index (χ0v) is 14.6. The Balaban J connectivity index is 1.79. The molecule has 0 aliphatic carbocycles. The molecule has 3 rings (SSSR count). The van der Waals surface area contributed by atoms with Crippen LogP contribution in [-0.2, 0) is 19.5 Å². The van der Waals surface area contributed by atoms with Crippen molar-refractivity contribution in [3.05, 3.63) is 52.5 Å². The standard InChI is InChI=1S/C18H22N4OS/c1-2-3-14-4-6-15(7-5-14)17-10-18(22(21-17)8-9-23)20-12-16-11-19-13-24-16/h4-7,10-11,13,20,23H,2-3,8-9,12H2,1H3. The van der Waals surface area contributed by atoms with Crippen LogP contribution in [0.15, 0.2) is 42.0 Å². The van der Waals surface area contributed by atoms with Gasteiger partial charge in [0.1, 0.15) is 5.82 Å². The van der Waals surface area contributed by atoms with Gasteiger partial charge in [-0.25, -0.2) is 4.68 Å². The van der Waals surface area contributed by atoms with Crippen LogP contribution < -0.4 is 5.32 Å². The molecule has 2 aromatic heterocycles. The minimum atomic E-state index is 0.0613. The Bertz CT molecular complexity index is 750. The first kappa shape index (κ1) is 16.7. The van der Waals surface area contributed by atoms with E-state index in [9.17, 15) is 5.11 Å². The number of hydrogen-bond acceptors (Lipinski definition) is 5. The SMILES string of the molecule is CCCc1ccc(-c2cc(NCc3cncs3)n(CCO)n2)cc1. The summed E-state index contributed by atoms with van der Waals surface area (Å²) in [5.41, 5.74) is 5.18. The lowest BCUT2D eigenvalue weighted by molar-refractivity contribution is 0.270. The molecule has 0 atom stereocenters. The first-order valence-corrected chi connectivity index (χ1v) is 9.07. The number of nitrogens with zero attached hydrogens (tertiary/aromatic N) is 3. The topological polar surface area (TPSA) is 63.0 Å². The Labute approximate surface area is 146 Å². The van der Waals surface area contributed by atoms with E-state index in [4.69, 9.17) is 0 Å². The lowest BCUT2D eigenvalue weighted by Gasteiger charge is -2.06. The number of aryl methyl sites for hydroxylation is 1. The van der Waals surface area contributed by atoms with Crippen LogP contribution in [0.4, 0.5) is 5.82 Å². The van der Waals surface area contributed by atoms with E-state index in [1.165, 1.54) is 5.56 Å². The van der Waals surface area contributed by atoms with Crippen LogP contribution in [-0.4, -0.2) is 26.5 Å². The van der Waals surface area contributed by atoms with Crippen molar-refractivity contribution >= 4 is 17.2 Å². The van der Waals surface area contributed by atoms with Gasteiger partial charge in [-0.2, -0.15) is 5.10 Å². The number of benzene rings is 1. The van der Waals surface area contributed by atoms with Gasteiger partial charge < -0.3 is 10.4 Å². The molecule has 0 aliphatic rings. The molecule has 6 heteroatoms.